The molecule has 0 aliphatic rings. The normalized spacial score (nSPS) is 7.83. The minimum Gasteiger partial charge on any atom is -0.386 e. The monoisotopic (exact) mass is 180 g/mol. The fraction of sp³-hybridized carbons (Fsp3) is 0.250. The molecule has 0 N–H and O–H groups in total. The lowest BCUT2D eigenvalue weighted by molar-refractivity contribution is -0.153. The van der Waals surface area contributed by atoms with Crippen molar-refractivity contribution in [2.75, 3.05) is 0 Å². The maximum Gasteiger partial charge on any atom is 0.340 e. The zero-order chi connectivity index (χ0) is 9.02. The first-order valence-electron chi connectivity index (χ1n) is 3.02. The first-order valence-corrected chi connectivity index (χ1v) is 3.02. The highest BCUT2D eigenvalue weighted by atomic mass is 24.3. The first kappa shape index (κ1) is 13.9. The van der Waals surface area contributed by atoms with E-state index in [0.717, 1.165) is 0 Å². The van der Waals surface area contributed by atoms with Crippen molar-refractivity contribution >= 4 is 35.0 Å². The molecule has 0 heterocycles. The summed E-state index contributed by atoms with van der Waals surface area (Å²) >= 11 is 0. The zero-order valence-electron chi connectivity index (χ0n) is 6.64. The van der Waals surface area contributed by atoms with Crippen LogP contribution in [0.4, 0.5) is 0 Å². The van der Waals surface area contributed by atoms with Crippen LogP contribution >= 0.6 is 0 Å². The van der Waals surface area contributed by atoms with E-state index in [1.165, 1.54) is 13.8 Å². The summed E-state index contributed by atoms with van der Waals surface area (Å²) < 4.78 is 4.30. The summed E-state index contributed by atoms with van der Waals surface area (Å²) in [6, 6.07) is 0. The molecule has 0 saturated carbocycles. The highest BCUT2D eigenvalue weighted by Gasteiger charge is 2.10. The van der Waals surface area contributed by atoms with Gasteiger partial charge in [-0.05, 0) is 13.8 Å². The highest BCUT2D eigenvalue weighted by molar-refractivity contribution is 6.00. The fourth-order valence-corrected chi connectivity index (χ4v) is 0.258. The second kappa shape index (κ2) is 5.96. The molecule has 0 aromatic heterocycles. The Kier molecular flexibility index (Phi) is 6.93. The first-order chi connectivity index (χ1) is 4.95. The largest absolute Gasteiger partial charge is 0.386 e. The molecule has 0 rings (SSSR count). The molecule has 0 aromatic carbocycles. The summed E-state index contributed by atoms with van der Waals surface area (Å²) in [6.45, 7) is 9.55. The molecule has 3 nitrogen and oxygen atoms in total. The zero-order valence-corrected chi connectivity index (χ0v) is 6.64. The van der Waals surface area contributed by atoms with Crippen LogP contribution in [0, 0.1) is 0 Å². The smallest absolute Gasteiger partial charge is 0.340 e. The van der Waals surface area contributed by atoms with Crippen LogP contribution in [-0.2, 0) is 14.3 Å². The van der Waals surface area contributed by atoms with Gasteiger partial charge in [-0.15, -0.1) is 0 Å². The van der Waals surface area contributed by atoms with E-state index < -0.39 is 11.9 Å². The SMILES string of the molecule is C=C(C)C(=O)OC(=O)C(=C)C.[MgH2]. The summed E-state index contributed by atoms with van der Waals surface area (Å²) in [6.07, 6.45) is 0. The van der Waals surface area contributed by atoms with E-state index in [1.54, 1.807) is 0 Å². The van der Waals surface area contributed by atoms with Crippen molar-refractivity contribution in [3.63, 3.8) is 0 Å². The number of esters is 2. The molecule has 0 amide bonds. The van der Waals surface area contributed by atoms with Crippen molar-refractivity contribution in [1.82, 2.24) is 0 Å². The molecule has 0 atom stereocenters. The summed E-state index contributed by atoms with van der Waals surface area (Å²) in [7, 11) is 0. The molecule has 0 saturated heterocycles. The average molecular weight is 180 g/mol. The van der Waals surface area contributed by atoms with Crippen LogP contribution < -0.4 is 0 Å². The van der Waals surface area contributed by atoms with Crippen LogP contribution in [0.3, 0.4) is 0 Å². The highest BCUT2D eigenvalue weighted by Crippen LogP contribution is 1.97. The summed E-state index contributed by atoms with van der Waals surface area (Å²) in [5.41, 5.74) is 0.388. The van der Waals surface area contributed by atoms with E-state index in [-0.39, 0.29) is 34.2 Å². The standard InChI is InChI=1S/C8H10O3.Mg.2H/c1-5(2)7(9)11-8(10)6(3)4;;;/h1,3H2,2,4H3;;;. The number of carbonyl (C=O) groups excluding carboxylic acids is 2. The minimum atomic E-state index is -0.710. The average Bonchev–Trinajstić information content (AvgIpc) is 1.87. The van der Waals surface area contributed by atoms with Crippen molar-refractivity contribution in [3.05, 3.63) is 24.3 Å². The van der Waals surface area contributed by atoms with Crippen molar-refractivity contribution in [2.24, 2.45) is 0 Å². The van der Waals surface area contributed by atoms with Crippen molar-refractivity contribution in [2.45, 2.75) is 13.8 Å². The Balaban J connectivity index is 0. The van der Waals surface area contributed by atoms with Gasteiger partial charge in [-0.3, -0.25) is 0 Å². The Labute approximate surface area is 87.6 Å². The van der Waals surface area contributed by atoms with Gasteiger partial charge in [0.2, 0.25) is 0 Å². The van der Waals surface area contributed by atoms with E-state index in [9.17, 15) is 9.59 Å². The summed E-state index contributed by atoms with van der Waals surface area (Å²) in [4.78, 5) is 21.3. The Morgan fingerprint density at radius 3 is 1.42 bits per heavy atom. The molecule has 64 valence electrons. The summed E-state index contributed by atoms with van der Waals surface area (Å²) in [5.74, 6) is -1.42. The molecule has 0 unspecified atom stereocenters. The van der Waals surface area contributed by atoms with Gasteiger partial charge in [0.05, 0.1) is 0 Å². The topological polar surface area (TPSA) is 43.4 Å². The Morgan fingerprint density at radius 2 is 1.25 bits per heavy atom. The van der Waals surface area contributed by atoms with E-state index in [2.05, 4.69) is 17.9 Å². The molecule has 0 fully saturated rings. The van der Waals surface area contributed by atoms with Crippen LogP contribution in [0.2, 0.25) is 0 Å². The van der Waals surface area contributed by atoms with E-state index in [0.29, 0.717) is 0 Å². The predicted molar refractivity (Wildman–Crippen MR) is 49.3 cm³/mol. The lowest BCUT2D eigenvalue weighted by Crippen LogP contribution is -2.12. The lowest BCUT2D eigenvalue weighted by atomic mass is 10.3. The second-order valence-electron chi connectivity index (χ2n) is 2.24. The van der Waals surface area contributed by atoms with Gasteiger partial charge < -0.3 is 4.74 Å². The van der Waals surface area contributed by atoms with Crippen LogP contribution in [0.15, 0.2) is 24.3 Å². The van der Waals surface area contributed by atoms with Crippen LogP contribution in [0.25, 0.3) is 0 Å². The van der Waals surface area contributed by atoms with Gasteiger partial charge in [-0.25, -0.2) is 9.59 Å². The third-order valence-electron chi connectivity index (χ3n) is 0.882. The molecule has 0 aliphatic heterocycles. The Morgan fingerprint density at radius 1 is 1.00 bits per heavy atom. The third-order valence-corrected chi connectivity index (χ3v) is 0.882. The number of ether oxygens (including phenoxy) is 1. The van der Waals surface area contributed by atoms with Gasteiger partial charge in [0, 0.05) is 11.1 Å². The molecule has 12 heavy (non-hydrogen) atoms. The molecular weight excluding hydrogens is 168 g/mol. The van der Waals surface area contributed by atoms with Crippen LogP contribution in [0.5, 0.6) is 0 Å². The predicted octanol–water partition coefficient (Wildman–Crippen LogP) is 0.292. The molecule has 0 spiro atoms. The maximum atomic E-state index is 10.7. The van der Waals surface area contributed by atoms with Crippen molar-refractivity contribution < 1.29 is 14.3 Å². The molecule has 0 aromatic rings. The number of hydrogen-bond acceptors (Lipinski definition) is 3. The van der Waals surface area contributed by atoms with Crippen molar-refractivity contribution in [1.29, 1.82) is 0 Å². The van der Waals surface area contributed by atoms with E-state index >= 15 is 0 Å². The van der Waals surface area contributed by atoms with E-state index in [4.69, 9.17) is 0 Å². The van der Waals surface area contributed by atoms with Crippen LogP contribution in [-0.4, -0.2) is 35.0 Å². The lowest BCUT2D eigenvalue weighted by Gasteiger charge is -1.99. The molecule has 0 bridgehead atoms. The molecule has 0 aliphatic carbocycles. The molecule has 4 heteroatoms. The van der Waals surface area contributed by atoms with Gasteiger partial charge in [0.25, 0.3) is 0 Å². The van der Waals surface area contributed by atoms with Gasteiger partial charge in [0.1, 0.15) is 0 Å². The second-order valence-corrected chi connectivity index (χ2v) is 2.24. The van der Waals surface area contributed by atoms with Gasteiger partial charge in [0.15, 0.2) is 0 Å². The molecule has 0 radical (unpaired) electrons. The number of carbonyl (C=O) groups is 2. The number of hydrogen-bond donors (Lipinski definition) is 0. The maximum absolute atomic E-state index is 10.7. The quantitative estimate of drug-likeness (QED) is 0.266. The minimum absolute atomic E-state index is 0. The fourth-order valence-electron chi connectivity index (χ4n) is 0.258. The van der Waals surface area contributed by atoms with Gasteiger partial charge in [-0.1, -0.05) is 13.2 Å². The Hall–Kier alpha value is -0.614. The van der Waals surface area contributed by atoms with Gasteiger partial charge in [-0.2, -0.15) is 0 Å². The summed E-state index contributed by atoms with van der Waals surface area (Å²) in [5, 5.41) is 0. The Bertz CT molecular complexity index is 206. The van der Waals surface area contributed by atoms with Crippen molar-refractivity contribution in [3.8, 4) is 0 Å². The third kappa shape index (κ3) is 5.09. The van der Waals surface area contributed by atoms with E-state index in [1.807, 2.05) is 0 Å². The van der Waals surface area contributed by atoms with Crippen LogP contribution in [0.1, 0.15) is 13.8 Å². The van der Waals surface area contributed by atoms with Gasteiger partial charge >= 0.3 is 35.0 Å². The number of rotatable bonds is 2. The molecular formula is C8H12MgO3.